The topological polar surface area (TPSA) is 77.3 Å². The van der Waals surface area contributed by atoms with Crippen LogP contribution in [0.3, 0.4) is 0 Å². The molecule has 5 heterocycles. The maximum Gasteiger partial charge on any atom is 0.164 e. The van der Waals surface area contributed by atoms with Crippen molar-refractivity contribution in [2.75, 3.05) is 0 Å². The molecule has 0 radical (unpaired) electrons. The predicted octanol–water partition coefficient (Wildman–Crippen LogP) is 14.6. The molecule has 12 rings (SSSR count). The predicted molar refractivity (Wildman–Crippen MR) is 274 cm³/mol. The largest absolute Gasteiger partial charge is 0.255 e. The lowest BCUT2D eigenvalue weighted by molar-refractivity contribution is 0.703. The van der Waals surface area contributed by atoms with Crippen molar-refractivity contribution in [3.63, 3.8) is 0 Å². The molecule has 4 aromatic heterocycles. The lowest BCUT2D eigenvalue weighted by atomic mass is 9.64. The highest BCUT2D eigenvalue weighted by Gasteiger charge is 2.44. The zero-order valence-electron chi connectivity index (χ0n) is 36.7. The van der Waals surface area contributed by atoms with E-state index in [-0.39, 0.29) is 0 Å². The van der Waals surface area contributed by atoms with Gasteiger partial charge in [-0.25, -0.2) is 19.9 Å². The van der Waals surface area contributed by atoms with Crippen molar-refractivity contribution in [3.05, 3.63) is 265 Å². The molecule has 6 nitrogen and oxygen atoms in total. The van der Waals surface area contributed by atoms with Gasteiger partial charge in [0.1, 0.15) is 0 Å². The molecular formula is C61H40N6S. The fraction of sp³-hybridized carbons (Fsp3) is 0.0164. The van der Waals surface area contributed by atoms with E-state index in [0.29, 0.717) is 17.5 Å². The first-order valence-corrected chi connectivity index (χ1v) is 23.4. The molecule has 68 heavy (non-hydrogen) atoms. The quantitative estimate of drug-likeness (QED) is 0.143. The number of fused-ring (bicyclic) bond motifs is 2. The average Bonchev–Trinajstić information content (AvgIpc) is 3.43. The molecule has 0 spiro atoms. The molecule has 0 saturated carbocycles. The van der Waals surface area contributed by atoms with E-state index in [4.69, 9.17) is 19.9 Å². The van der Waals surface area contributed by atoms with E-state index in [0.717, 1.165) is 61.7 Å². The van der Waals surface area contributed by atoms with Crippen molar-refractivity contribution in [2.45, 2.75) is 15.2 Å². The minimum Gasteiger partial charge on any atom is -0.255 e. The van der Waals surface area contributed by atoms with Gasteiger partial charge in [0.05, 0.1) is 28.2 Å². The molecule has 0 bridgehead atoms. The standard InChI is InChI=1S/C61H40N6S/c1-5-17-42(18-6-1)58-65-59(43-19-7-2-8-20-43)67-60(66-58)44-29-27-41(28-30-44)45-31-33-50-56(39-45)68-57-40-46(32-34-51(57)61(50,48-21-9-3-10-22-48)49-23-11-4-12-24-49)47-37-54(52-25-13-15-35-62-52)64-55(38-47)53-26-14-16-36-63-53/h1-40H. The molecule has 0 saturated heterocycles. The van der Waals surface area contributed by atoms with Crippen molar-refractivity contribution in [1.82, 2.24) is 29.9 Å². The van der Waals surface area contributed by atoms with Gasteiger partial charge in [-0.1, -0.05) is 194 Å². The van der Waals surface area contributed by atoms with E-state index in [2.05, 4.69) is 143 Å². The lowest BCUT2D eigenvalue weighted by Gasteiger charge is -2.42. The van der Waals surface area contributed by atoms with Crippen LogP contribution in [-0.2, 0) is 5.41 Å². The van der Waals surface area contributed by atoms with Crippen LogP contribution in [0.4, 0.5) is 0 Å². The Morgan fingerprint density at radius 1 is 0.279 bits per heavy atom. The number of pyridine rings is 3. The molecule has 1 aliphatic heterocycles. The molecule has 7 heteroatoms. The summed E-state index contributed by atoms with van der Waals surface area (Å²) in [6.45, 7) is 0. The van der Waals surface area contributed by atoms with Gasteiger partial charge in [0, 0.05) is 38.9 Å². The number of nitrogens with zero attached hydrogens (tertiary/aromatic N) is 6. The Balaban J connectivity index is 0.987. The fourth-order valence-electron chi connectivity index (χ4n) is 9.36. The summed E-state index contributed by atoms with van der Waals surface area (Å²) in [4.78, 5) is 31.7. The van der Waals surface area contributed by atoms with Crippen molar-refractivity contribution in [2.24, 2.45) is 0 Å². The Hall–Kier alpha value is -8.65. The van der Waals surface area contributed by atoms with Gasteiger partial charge in [0.2, 0.25) is 0 Å². The Bertz CT molecular complexity index is 3400. The van der Waals surface area contributed by atoms with Gasteiger partial charge in [0.15, 0.2) is 17.5 Å². The van der Waals surface area contributed by atoms with Crippen LogP contribution in [-0.4, -0.2) is 29.9 Å². The van der Waals surface area contributed by atoms with E-state index in [9.17, 15) is 0 Å². The van der Waals surface area contributed by atoms with Crippen LogP contribution in [0.25, 0.3) is 79.2 Å². The van der Waals surface area contributed by atoms with Crippen LogP contribution in [0, 0.1) is 0 Å². The highest BCUT2D eigenvalue weighted by atomic mass is 32.2. The molecule has 7 aromatic carbocycles. The number of aromatic nitrogens is 6. The minimum atomic E-state index is -0.596. The Morgan fingerprint density at radius 3 is 1.10 bits per heavy atom. The number of hydrogen-bond acceptors (Lipinski definition) is 7. The van der Waals surface area contributed by atoms with Crippen LogP contribution in [0.1, 0.15) is 22.3 Å². The maximum absolute atomic E-state index is 5.07. The second kappa shape index (κ2) is 17.6. The molecule has 0 atom stereocenters. The highest BCUT2D eigenvalue weighted by Crippen LogP contribution is 2.57. The van der Waals surface area contributed by atoms with Crippen LogP contribution in [0.5, 0.6) is 0 Å². The molecule has 0 fully saturated rings. The monoisotopic (exact) mass is 888 g/mol. The van der Waals surface area contributed by atoms with Crippen molar-refractivity contribution < 1.29 is 0 Å². The van der Waals surface area contributed by atoms with Gasteiger partial charge in [-0.3, -0.25) is 9.97 Å². The average molecular weight is 889 g/mol. The fourth-order valence-corrected chi connectivity index (χ4v) is 10.6. The summed E-state index contributed by atoms with van der Waals surface area (Å²) in [7, 11) is 0. The highest BCUT2D eigenvalue weighted by molar-refractivity contribution is 7.99. The smallest absolute Gasteiger partial charge is 0.164 e. The lowest BCUT2D eigenvalue weighted by Crippen LogP contribution is -2.34. The summed E-state index contributed by atoms with van der Waals surface area (Å²) in [5, 5.41) is 0. The second-order valence-electron chi connectivity index (χ2n) is 16.7. The van der Waals surface area contributed by atoms with Gasteiger partial charge in [-0.2, -0.15) is 0 Å². The van der Waals surface area contributed by atoms with E-state index < -0.39 is 5.41 Å². The van der Waals surface area contributed by atoms with E-state index >= 15 is 0 Å². The first-order chi connectivity index (χ1) is 33.7. The molecule has 1 aliphatic rings. The number of hydrogen-bond donors (Lipinski definition) is 0. The molecule has 0 unspecified atom stereocenters. The van der Waals surface area contributed by atoms with Crippen molar-refractivity contribution in [1.29, 1.82) is 0 Å². The summed E-state index contributed by atoms with van der Waals surface area (Å²) in [6, 6.07) is 80.7. The molecule has 0 amide bonds. The number of benzene rings is 7. The van der Waals surface area contributed by atoms with Crippen LogP contribution >= 0.6 is 11.8 Å². The SMILES string of the molecule is c1ccc(-c2nc(-c3ccccc3)nc(-c3ccc(-c4ccc5c(c4)Sc4cc(-c6cc(-c7ccccn7)nc(-c7ccccn7)c6)ccc4C5(c4ccccc4)c4ccccc4)cc3)n2)cc1. The molecule has 0 aliphatic carbocycles. The summed E-state index contributed by atoms with van der Waals surface area (Å²) >= 11 is 1.82. The van der Waals surface area contributed by atoms with E-state index in [1.165, 1.54) is 32.0 Å². The van der Waals surface area contributed by atoms with Crippen LogP contribution < -0.4 is 0 Å². The third-order valence-electron chi connectivity index (χ3n) is 12.6. The summed E-state index contributed by atoms with van der Waals surface area (Å²) in [6.07, 6.45) is 3.62. The summed E-state index contributed by atoms with van der Waals surface area (Å²) in [5.41, 5.74) is 14.6. The van der Waals surface area contributed by atoms with Crippen molar-refractivity contribution in [3.8, 4) is 79.2 Å². The summed E-state index contributed by atoms with van der Waals surface area (Å²) in [5.74, 6) is 1.90. The van der Waals surface area contributed by atoms with Crippen LogP contribution in [0.2, 0.25) is 0 Å². The Labute approximate surface area is 399 Å². The molecule has 11 aromatic rings. The first-order valence-electron chi connectivity index (χ1n) is 22.6. The van der Waals surface area contributed by atoms with E-state index in [1.807, 2.05) is 121 Å². The maximum atomic E-state index is 5.07. The van der Waals surface area contributed by atoms with Crippen LogP contribution in [0.15, 0.2) is 253 Å². The molecule has 0 N–H and O–H groups in total. The first kappa shape index (κ1) is 40.8. The zero-order chi connectivity index (χ0) is 45.3. The van der Waals surface area contributed by atoms with Gasteiger partial charge in [0.25, 0.3) is 0 Å². The van der Waals surface area contributed by atoms with Crippen molar-refractivity contribution >= 4 is 11.8 Å². The third kappa shape index (κ3) is 7.55. The second-order valence-corrected chi connectivity index (χ2v) is 17.8. The minimum absolute atomic E-state index is 0.596. The summed E-state index contributed by atoms with van der Waals surface area (Å²) < 4.78 is 0. The third-order valence-corrected chi connectivity index (χ3v) is 13.7. The Kier molecular flexibility index (Phi) is 10.6. The van der Waals surface area contributed by atoms with Gasteiger partial charge in [-0.05, 0) is 93.0 Å². The molecule has 320 valence electrons. The van der Waals surface area contributed by atoms with Gasteiger partial charge in [-0.15, -0.1) is 0 Å². The molecular weight excluding hydrogens is 849 g/mol. The van der Waals surface area contributed by atoms with E-state index in [1.54, 1.807) is 0 Å². The number of rotatable bonds is 9. The van der Waals surface area contributed by atoms with Gasteiger partial charge < -0.3 is 0 Å². The Morgan fingerprint density at radius 2 is 0.662 bits per heavy atom. The zero-order valence-corrected chi connectivity index (χ0v) is 37.5. The van der Waals surface area contributed by atoms with Gasteiger partial charge >= 0.3 is 0 Å². The normalized spacial score (nSPS) is 12.5.